The number of rotatable bonds is 4. The van der Waals surface area contributed by atoms with Crippen LogP contribution in [0.5, 0.6) is 0 Å². The van der Waals surface area contributed by atoms with Crippen molar-refractivity contribution in [3.8, 4) is 0 Å². The zero-order valence-electron chi connectivity index (χ0n) is 11.7. The van der Waals surface area contributed by atoms with Crippen LogP contribution in [0.2, 0.25) is 5.28 Å². The van der Waals surface area contributed by atoms with E-state index in [1.54, 1.807) is 0 Å². The predicted octanol–water partition coefficient (Wildman–Crippen LogP) is 4.27. The SMILES string of the molecule is CC1CCC(CCn2c(Cl)nnc2C(C)C)CC1. The molecule has 0 amide bonds. The van der Waals surface area contributed by atoms with E-state index in [0.717, 1.165) is 24.2 Å². The summed E-state index contributed by atoms with van der Waals surface area (Å²) in [6.45, 7) is 7.61. The standard InChI is InChI=1S/C14H24ClN3/c1-10(2)13-16-17-14(15)18(13)9-8-12-6-4-11(3)5-7-12/h10-12H,4-9H2,1-3H3. The van der Waals surface area contributed by atoms with Crippen molar-refractivity contribution in [1.82, 2.24) is 14.8 Å². The predicted molar refractivity (Wildman–Crippen MR) is 74.9 cm³/mol. The molecule has 102 valence electrons. The van der Waals surface area contributed by atoms with Gasteiger partial charge in [0.15, 0.2) is 0 Å². The molecule has 0 aromatic carbocycles. The Morgan fingerprint density at radius 3 is 2.50 bits per heavy atom. The summed E-state index contributed by atoms with van der Waals surface area (Å²) < 4.78 is 2.09. The van der Waals surface area contributed by atoms with E-state index in [0.29, 0.717) is 11.2 Å². The summed E-state index contributed by atoms with van der Waals surface area (Å²) in [6, 6.07) is 0. The lowest BCUT2D eigenvalue weighted by Crippen LogP contribution is -2.15. The van der Waals surface area contributed by atoms with E-state index in [1.807, 2.05) is 0 Å². The highest BCUT2D eigenvalue weighted by Crippen LogP contribution is 2.31. The van der Waals surface area contributed by atoms with E-state index in [4.69, 9.17) is 11.6 Å². The van der Waals surface area contributed by atoms with Gasteiger partial charge in [-0.15, -0.1) is 10.2 Å². The molecule has 1 aromatic rings. The molecule has 0 atom stereocenters. The average Bonchev–Trinajstić information content (AvgIpc) is 2.70. The molecule has 0 aliphatic heterocycles. The second kappa shape index (κ2) is 6.05. The Kier molecular flexibility index (Phi) is 4.66. The molecule has 4 heteroatoms. The minimum Gasteiger partial charge on any atom is -0.302 e. The lowest BCUT2D eigenvalue weighted by molar-refractivity contribution is 0.268. The highest BCUT2D eigenvalue weighted by atomic mass is 35.5. The Balaban J connectivity index is 1.92. The first kappa shape index (κ1) is 13.9. The molecular formula is C14H24ClN3. The maximum Gasteiger partial charge on any atom is 0.225 e. The van der Waals surface area contributed by atoms with Crippen LogP contribution in [-0.4, -0.2) is 14.8 Å². The van der Waals surface area contributed by atoms with Gasteiger partial charge < -0.3 is 4.57 Å². The van der Waals surface area contributed by atoms with Crippen LogP contribution in [-0.2, 0) is 6.54 Å². The summed E-state index contributed by atoms with van der Waals surface area (Å²) in [6.07, 6.45) is 6.73. The summed E-state index contributed by atoms with van der Waals surface area (Å²) in [5.74, 6) is 3.19. The lowest BCUT2D eigenvalue weighted by Gasteiger charge is -2.26. The van der Waals surface area contributed by atoms with E-state index in [1.165, 1.54) is 32.1 Å². The smallest absolute Gasteiger partial charge is 0.225 e. The third-order valence-electron chi connectivity index (χ3n) is 4.15. The van der Waals surface area contributed by atoms with Crippen molar-refractivity contribution < 1.29 is 0 Å². The van der Waals surface area contributed by atoms with Crippen LogP contribution >= 0.6 is 11.6 Å². The molecule has 0 radical (unpaired) electrons. The molecule has 1 aliphatic rings. The summed E-state index contributed by atoms with van der Waals surface area (Å²) >= 11 is 6.12. The van der Waals surface area contributed by atoms with E-state index >= 15 is 0 Å². The molecule has 0 spiro atoms. The second-order valence-corrected chi connectivity index (χ2v) is 6.39. The highest BCUT2D eigenvalue weighted by molar-refractivity contribution is 6.28. The Labute approximate surface area is 115 Å². The Bertz CT molecular complexity index is 378. The molecule has 3 nitrogen and oxygen atoms in total. The molecule has 0 unspecified atom stereocenters. The van der Waals surface area contributed by atoms with E-state index in [2.05, 4.69) is 35.5 Å². The lowest BCUT2D eigenvalue weighted by atomic mass is 9.81. The van der Waals surface area contributed by atoms with Crippen LogP contribution in [0.15, 0.2) is 0 Å². The molecule has 1 heterocycles. The van der Waals surface area contributed by atoms with Gasteiger partial charge in [0, 0.05) is 12.5 Å². The summed E-state index contributed by atoms with van der Waals surface area (Å²) in [7, 11) is 0. The minimum absolute atomic E-state index is 0.386. The summed E-state index contributed by atoms with van der Waals surface area (Å²) in [4.78, 5) is 0. The molecule has 0 saturated heterocycles. The molecule has 1 aromatic heterocycles. The van der Waals surface area contributed by atoms with Gasteiger partial charge in [-0.1, -0.05) is 46.5 Å². The third kappa shape index (κ3) is 3.25. The fraction of sp³-hybridized carbons (Fsp3) is 0.857. The van der Waals surface area contributed by atoms with Crippen LogP contribution in [0.3, 0.4) is 0 Å². The van der Waals surface area contributed by atoms with Gasteiger partial charge in [-0.2, -0.15) is 0 Å². The Morgan fingerprint density at radius 1 is 1.22 bits per heavy atom. The van der Waals surface area contributed by atoms with Crippen molar-refractivity contribution in [2.75, 3.05) is 0 Å². The molecule has 2 rings (SSSR count). The van der Waals surface area contributed by atoms with Gasteiger partial charge in [0.25, 0.3) is 0 Å². The largest absolute Gasteiger partial charge is 0.302 e. The van der Waals surface area contributed by atoms with Gasteiger partial charge in [-0.25, -0.2) is 0 Å². The first-order valence-electron chi connectivity index (χ1n) is 7.16. The first-order valence-corrected chi connectivity index (χ1v) is 7.54. The fourth-order valence-corrected chi connectivity index (χ4v) is 3.07. The van der Waals surface area contributed by atoms with Crippen molar-refractivity contribution in [2.24, 2.45) is 11.8 Å². The third-order valence-corrected chi connectivity index (χ3v) is 4.43. The van der Waals surface area contributed by atoms with Crippen LogP contribution in [0.4, 0.5) is 0 Å². The number of hydrogen-bond acceptors (Lipinski definition) is 2. The van der Waals surface area contributed by atoms with Crippen molar-refractivity contribution in [3.63, 3.8) is 0 Å². The van der Waals surface area contributed by atoms with Gasteiger partial charge in [0.2, 0.25) is 5.28 Å². The molecular weight excluding hydrogens is 246 g/mol. The van der Waals surface area contributed by atoms with Gasteiger partial charge in [0.05, 0.1) is 0 Å². The molecule has 1 aliphatic carbocycles. The average molecular weight is 270 g/mol. The van der Waals surface area contributed by atoms with Crippen molar-refractivity contribution in [3.05, 3.63) is 11.1 Å². The van der Waals surface area contributed by atoms with Gasteiger partial charge in [0.1, 0.15) is 5.82 Å². The van der Waals surface area contributed by atoms with Crippen LogP contribution in [0.25, 0.3) is 0 Å². The van der Waals surface area contributed by atoms with Crippen molar-refractivity contribution in [2.45, 2.75) is 65.3 Å². The minimum atomic E-state index is 0.386. The molecule has 18 heavy (non-hydrogen) atoms. The Hall–Kier alpha value is -0.570. The van der Waals surface area contributed by atoms with Gasteiger partial charge in [-0.3, -0.25) is 0 Å². The van der Waals surface area contributed by atoms with Crippen LogP contribution < -0.4 is 0 Å². The van der Waals surface area contributed by atoms with Crippen molar-refractivity contribution in [1.29, 1.82) is 0 Å². The second-order valence-electron chi connectivity index (χ2n) is 6.05. The number of aromatic nitrogens is 3. The quantitative estimate of drug-likeness (QED) is 0.817. The van der Waals surface area contributed by atoms with Gasteiger partial charge in [-0.05, 0) is 29.9 Å². The maximum atomic E-state index is 6.12. The molecule has 0 N–H and O–H groups in total. The van der Waals surface area contributed by atoms with Crippen LogP contribution in [0.1, 0.15) is 64.6 Å². The van der Waals surface area contributed by atoms with Gasteiger partial charge >= 0.3 is 0 Å². The van der Waals surface area contributed by atoms with E-state index in [9.17, 15) is 0 Å². The van der Waals surface area contributed by atoms with Crippen molar-refractivity contribution >= 4 is 11.6 Å². The monoisotopic (exact) mass is 269 g/mol. The summed E-state index contributed by atoms with van der Waals surface area (Å²) in [5.41, 5.74) is 0. The zero-order chi connectivity index (χ0) is 13.1. The van der Waals surface area contributed by atoms with E-state index < -0.39 is 0 Å². The fourth-order valence-electron chi connectivity index (χ4n) is 2.86. The van der Waals surface area contributed by atoms with Crippen LogP contribution in [0, 0.1) is 11.8 Å². The summed E-state index contributed by atoms with van der Waals surface area (Å²) in [5, 5.41) is 8.71. The Morgan fingerprint density at radius 2 is 1.89 bits per heavy atom. The molecule has 1 saturated carbocycles. The number of halogens is 1. The number of hydrogen-bond donors (Lipinski definition) is 0. The maximum absolute atomic E-state index is 6.12. The molecule has 1 fully saturated rings. The topological polar surface area (TPSA) is 30.7 Å². The normalized spacial score (nSPS) is 24.7. The first-order chi connectivity index (χ1) is 8.58. The van der Waals surface area contributed by atoms with E-state index in [-0.39, 0.29) is 0 Å². The molecule has 0 bridgehead atoms. The zero-order valence-corrected chi connectivity index (χ0v) is 12.5. The highest BCUT2D eigenvalue weighted by Gasteiger charge is 2.20. The number of nitrogens with zero attached hydrogens (tertiary/aromatic N) is 3.